The number of allylic oxidation sites excluding steroid dienone is 5. The van der Waals surface area contributed by atoms with Gasteiger partial charge in [0.2, 0.25) is 0 Å². The number of hydrogen-bond acceptors (Lipinski definition) is 3. The fraction of sp³-hybridized carbons (Fsp3) is 0.424. The summed E-state index contributed by atoms with van der Waals surface area (Å²) in [7, 11) is 0. The van der Waals surface area contributed by atoms with Crippen LogP contribution in [0, 0.1) is 5.92 Å². The number of ether oxygens (including phenoxy) is 1. The summed E-state index contributed by atoms with van der Waals surface area (Å²) in [6, 6.07) is 3.99. The van der Waals surface area contributed by atoms with E-state index in [0.29, 0.717) is 12.2 Å². The Morgan fingerprint density at radius 3 is 2.46 bits per heavy atom. The zero-order valence-electron chi connectivity index (χ0n) is 23.3. The standard InChI is InChI=1S/C33H42N2O2/c1-21-23-15-11-12-16-24(23)28(34)17-25(21)31(36)35-29-19-30(37-20-22-13-9-8-10-14-22)27(33(5,6)7)18-26(29)32(2,3)4/h9,11-15,17-19,24,28H,1,8,10,16,20,34H2,2-7H3,(H,35,36). The second kappa shape index (κ2) is 10.3. The molecule has 3 N–H and O–H groups in total. The van der Waals surface area contributed by atoms with Crippen LogP contribution in [0.1, 0.15) is 71.9 Å². The van der Waals surface area contributed by atoms with E-state index in [1.807, 2.05) is 24.3 Å². The third-order valence-electron chi connectivity index (χ3n) is 7.39. The Morgan fingerprint density at radius 1 is 1.08 bits per heavy atom. The van der Waals surface area contributed by atoms with Gasteiger partial charge in [-0.15, -0.1) is 0 Å². The monoisotopic (exact) mass is 498 g/mol. The van der Waals surface area contributed by atoms with Crippen LogP contribution in [0.25, 0.3) is 0 Å². The van der Waals surface area contributed by atoms with Gasteiger partial charge in [-0.05, 0) is 64.0 Å². The quantitative estimate of drug-likeness (QED) is 0.451. The minimum Gasteiger partial charge on any atom is -0.489 e. The van der Waals surface area contributed by atoms with Gasteiger partial charge in [-0.25, -0.2) is 0 Å². The average molecular weight is 499 g/mol. The Hall–Kier alpha value is -3.11. The van der Waals surface area contributed by atoms with Crippen molar-refractivity contribution in [1.82, 2.24) is 0 Å². The lowest BCUT2D eigenvalue weighted by molar-refractivity contribution is -0.112. The van der Waals surface area contributed by atoms with Crippen LogP contribution in [0.5, 0.6) is 5.75 Å². The van der Waals surface area contributed by atoms with Gasteiger partial charge in [-0.2, -0.15) is 0 Å². The van der Waals surface area contributed by atoms with Gasteiger partial charge in [0.05, 0.1) is 0 Å². The summed E-state index contributed by atoms with van der Waals surface area (Å²) in [4.78, 5) is 13.7. The van der Waals surface area contributed by atoms with Crippen molar-refractivity contribution in [2.75, 3.05) is 11.9 Å². The molecule has 4 rings (SSSR count). The van der Waals surface area contributed by atoms with Crippen LogP contribution in [0.3, 0.4) is 0 Å². The second-order valence-electron chi connectivity index (χ2n) is 12.4. The molecule has 3 aliphatic rings. The predicted molar refractivity (Wildman–Crippen MR) is 155 cm³/mol. The van der Waals surface area contributed by atoms with E-state index >= 15 is 0 Å². The lowest BCUT2D eigenvalue weighted by Gasteiger charge is -2.33. The molecule has 4 nitrogen and oxygen atoms in total. The zero-order chi connectivity index (χ0) is 27.0. The predicted octanol–water partition coefficient (Wildman–Crippen LogP) is 7.20. The van der Waals surface area contributed by atoms with Crippen molar-refractivity contribution >= 4 is 11.6 Å². The smallest absolute Gasteiger partial charge is 0.256 e. The molecule has 0 radical (unpaired) electrons. The number of hydrogen-bond donors (Lipinski definition) is 2. The van der Waals surface area contributed by atoms with E-state index in [1.165, 1.54) is 5.57 Å². The Kier molecular flexibility index (Phi) is 7.52. The van der Waals surface area contributed by atoms with Crippen molar-refractivity contribution in [2.24, 2.45) is 11.7 Å². The van der Waals surface area contributed by atoms with Crippen LogP contribution in [-0.2, 0) is 15.6 Å². The highest BCUT2D eigenvalue weighted by molar-refractivity contribution is 6.08. The highest BCUT2D eigenvalue weighted by Gasteiger charge is 2.33. The number of rotatable bonds is 5. The van der Waals surface area contributed by atoms with E-state index in [2.05, 4.69) is 83.8 Å². The second-order valence-corrected chi connectivity index (χ2v) is 12.4. The molecule has 1 aromatic rings. The van der Waals surface area contributed by atoms with Crippen LogP contribution in [0.4, 0.5) is 5.69 Å². The maximum absolute atomic E-state index is 13.7. The summed E-state index contributed by atoms with van der Waals surface area (Å²) >= 11 is 0. The molecule has 3 aliphatic carbocycles. The molecule has 0 bridgehead atoms. The Morgan fingerprint density at radius 2 is 1.81 bits per heavy atom. The molecule has 0 saturated heterocycles. The Labute approximate surface area is 222 Å². The van der Waals surface area contributed by atoms with E-state index in [4.69, 9.17) is 10.5 Å². The summed E-state index contributed by atoms with van der Waals surface area (Å²) in [6.45, 7) is 17.9. The molecular weight excluding hydrogens is 456 g/mol. The van der Waals surface area contributed by atoms with Gasteiger partial charge in [0, 0.05) is 29.3 Å². The molecule has 0 heterocycles. The van der Waals surface area contributed by atoms with E-state index < -0.39 is 0 Å². The third kappa shape index (κ3) is 5.91. The highest BCUT2D eigenvalue weighted by atomic mass is 16.5. The first-order valence-electron chi connectivity index (χ1n) is 13.4. The van der Waals surface area contributed by atoms with E-state index in [1.54, 1.807) is 0 Å². The SMILES string of the molecule is C=C1C(C(=O)Nc2cc(OCC3=CCCC=C3)c(C(C)(C)C)cc2C(C)(C)C)=CC(N)C2CC=CC=C12. The lowest BCUT2D eigenvalue weighted by atomic mass is 9.75. The maximum Gasteiger partial charge on any atom is 0.256 e. The summed E-state index contributed by atoms with van der Waals surface area (Å²) < 4.78 is 6.41. The van der Waals surface area contributed by atoms with Gasteiger partial charge in [0.1, 0.15) is 12.4 Å². The fourth-order valence-corrected chi connectivity index (χ4v) is 5.25. The van der Waals surface area contributed by atoms with Crippen molar-refractivity contribution < 1.29 is 9.53 Å². The first-order chi connectivity index (χ1) is 17.4. The normalized spacial score (nSPS) is 21.6. The number of anilines is 1. The maximum atomic E-state index is 13.7. The first kappa shape index (κ1) is 26.9. The number of carbonyl (C=O) groups excluding carboxylic acids is 1. The molecule has 0 spiro atoms. The molecule has 0 saturated carbocycles. The number of carbonyl (C=O) groups is 1. The highest BCUT2D eigenvalue weighted by Crippen LogP contribution is 2.42. The van der Waals surface area contributed by atoms with Gasteiger partial charge in [-0.3, -0.25) is 4.79 Å². The third-order valence-corrected chi connectivity index (χ3v) is 7.39. The molecule has 37 heavy (non-hydrogen) atoms. The number of amides is 1. The molecule has 0 aromatic heterocycles. The summed E-state index contributed by atoms with van der Waals surface area (Å²) in [6.07, 6.45) is 17.6. The molecule has 0 fully saturated rings. The molecular formula is C33H42N2O2. The topological polar surface area (TPSA) is 64.3 Å². The van der Waals surface area contributed by atoms with Crippen molar-refractivity contribution in [1.29, 1.82) is 0 Å². The summed E-state index contributed by atoms with van der Waals surface area (Å²) in [5.41, 5.74) is 12.6. The van der Waals surface area contributed by atoms with Crippen molar-refractivity contribution in [3.63, 3.8) is 0 Å². The van der Waals surface area contributed by atoms with Crippen molar-refractivity contribution in [3.05, 3.63) is 94.7 Å². The van der Waals surface area contributed by atoms with Crippen LogP contribution in [0.2, 0.25) is 0 Å². The van der Waals surface area contributed by atoms with Gasteiger partial charge in [0.15, 0.2) is 0 Å². The largest absolute Gasteiger partial charge is 0.489 e. The van der Waals surface area contributed by atoms with Gasteiger partial charge in [-0.1, -0.05) is 90.7 Å². The Bertz CT molecular complexity index is 1240. The molecule has 2 atom stereocenters. The first-order valence-corrected chi connectivity index (χ1v) is 13.4. The van der Waals surface area contributed by atoms with Crippen LogP contribution < -0.4 is 15.8 Å². The van der Waals surface area contributed by atoms with Crippen molar-refractivity contribution in [3.8, 4) is 5.75 Å². The van der Waals surface area contributed by atoms with Gasteiger partial charge in [0.25, 0.3) is 5.91 Å². The average Bonchev–Trinajstić information content (AvgIpc) is 2.84. The van der Waals surface area contributed by atoms with Crippen molar-refractivity contribution in [2.45, 2.75) is 77.7 Å². The fourth-order valence-electron chi connectivity index (χ4n) is 5.25. The molecule has 2 unspecified atom stereocenters. The zero-order valence-corrected chi connectivity index (χ0v) is 23.3. The molecule has 0 aliphatic heterocycles. The minimum atomic E-state index is -0.219. The summed E-state index contributed by atoms with van der Waals surface area (Å²) in [5, 5.41) is 3.21. The molecule has 4 heteroatoms. The van der Waals surface area contributed by atoms with Crippen LogP contribution in [0.15, 0.2) is 83.5 Å². The molecule has 1 amide bonds. The van der Waals surface area contributed by atoms with Gasteiger partial charge < -0.3 is 15.8 Å². The van der Waals surface area contributed by atoms with E-state index in [9.17, 15) is 4.79 Å². The number of nitrogens with one attached hydrogen (secondary N) is 1. The molecule has 1 aromatic carbocycles. The van der Waals surface area contributed by atoms with E-state index in [-0.39, 0.29) is 28.7 Å². The Balaban J connectivity index is 1.71. The van der Waals surface area contributed by atoms with E-state index in [0.717, 1.165) is 53.0 Å². The minimum absolute atomic E-state index is 0.127. The van der Waals surface area contributed by atoms with Crippen LogP contribution >= 0.6 is 0 Å². The molecule has 196 valence electrons. The number of fused-ring (bicyclic) bond motifs is 1. The lowest BCUT2D eigenvalue weighted by Crippen LogP contribution is -2.36. The van der Waals surface area contributed by atoms with Gasteiger partial charge >= 0.3 is 0 Å². The summed E-state index contributed by atoms with van der Waals surface area (Å²) in [5.74, 6) is 0.782. The van der Waals surface area contributed by atoms with Crippen LogP contribution in [-0.4, -0.2) is 18.6 Å². The number of benzene rings is 1. The number of nitrogens with two attached hydrogens (primary N) is 1.